The molecule has 0 atom stereocenters. The van der Waals surface area contributed by atoms with Crippen molar-refractivity contribution >= 4 is 28.8 Å². The van der Waals surface area contributed by atoms with Gasteiger partial charge in [0.05, 0.1) is 11.0 Å². The first-order chi connectivity index (χ1) is 8.72. The molecule has 0 aliphatic heterocycles. The maximum absolute atomic E-state index is 11.2. The van der Waals surface area contributed by atoms with Crippen molar-refractivity contribution in [2.45, 2.75) is 37.6 Å². The fraction of sp³-hybridized carbons (Fsp3) is 0.429. The van der Waals surface area contributed by atoms with Gasteiger partial charge in [0, 0.05) is 7.05 Å². The maximum atomic E-state index is 11.2. The lowest BCUT2D eigenvalue weighted by molar-refractivity contribution is -0.138. The molecule has 0 bridgehead atoms. The van der Waals surface area contributed by atoms with Crippen molar-refractivity contribution in [1.29, 1.82) is 0 Å². The number of aromatic nitrogens is 2. The van der Waals surface area contributed by atoms with Gasteiger partial charge < -0.3 is 9.67 Å². The van der Waals surface area contributed by atoms with E-state index in [4.69, 9.17) is 0 Å². The molecule has 4 nitrogen and oxygen atoms in total. The third-order valence-corrected chi connectivity index (χ3v) is 4.55. The molecule has 5 heteroatoms. The Labute approximate surface area is 116 Å². The second-order valence-corrected chi connectivity index (χ2v) is 6.89. The Kier molecular flexibility index (Phi) is 3.34. The molecule has 1 aromatic carbocycles. The van der Waals surface area contributed by atoms with Crippen LogP contribution in [0.1, 0.15) is 25.0 Å². The van der Waals surface area contributed by atoms with Gasteiger partial charge in [-0.25, -0.2) is 4.98 Å². The molecule has 0 aliphatic rings. The zero-order chi connectivity index (χ0) is 14.4. The molecule has 0 spiro atoms. The molecule has 102 valence electrons. The van der Waals surface area contributed by atoms with Crippen molar-refractivity contribution in [2.24, 2.45) is 7.05 Å². The number of fused-ring (bicyclic) bond motifs is 1. The first kappa shape index (κ1) is 13.9. The summed E-state index contributed by atoms with van der Waals surface area (Å²) in [4.78, 5) is 15.7. The second kappa shape index (κ2) is 4.56. The van der Waals surface area contributed by atoms with Gasteiger partial charge in [-0.05, 0) is 51.0 Å². The van der Waals surface area contributed by atoms with Crippen LogP contribution in [-0.2, 0) is 11.8 Å². The normalized spacial score (nSPS) is 12.1. The van der Waals surface area contributed by atoms with Gasteiger partial charge in [0.1, 0.15) is 4.75 Å². The predicted molar refractivity (Wildman–Crippen MR) is 77.8 cm³/mol. The summed E-state index contributed by atoms with van der Waals surface area (Å²) in [5.41, 5.74) is 4.35. The summed E-state index contributed by atoms with van der Waals surface area (Å²) in [5.74, 6) is -0.836. The fourth-order valence-corrected chi connectivity index (χ4v) is 2.71. The second-order valence-electron chi connectivity index (χ2n) is 5.30. The third-order valence-electron chi connectivity index (χ3n) is 3.32. The fourth-order valence-electron chi connectivity index (χ4n) is 1.79. The molecule has 1 heterocycles. The molecule has 0 amide bonds. The van der Waals surface area contributed by atoms with Gasteiger partial charge in [-0.2, -0.15) is 0 Å². The number of aliphatic carboxylic acids is 1. The van der Waals surface area contributed by atoms with Gasteiger partial charge >= 0.3 is 5.97 Å². The number of hydrogen-bond acceptors (Lipinski definition) is 3. The van der Waals surface area contributed by atoms with Gasteiger partial charge in [0.15, 0.2) is 5.16 Å². The topological polar surface area (TPSA) is 55.1 Å². The average Bonchev–Trinajstić information content (AvgIpc) is 2.57. The first-order valence-corrected chi connectivity index (χ1v) is 6.90. The monoisotopic (exact) mass is 278 g/mol. The van der Waals surface area contributed by atoms with Crippen LogP contribution in [0, 0.1) is 13.8 Å². The number of carbonyl (C=O) groups is 1. The van der Waals surface area contributed by atoms with E-state index < -0.39 is 10.7 Å². The number of carboxylic acid groups (broad SMARTS) is 1. The number of hydrogen-bond donors (Lipinski definition) is 1. The number of aryl methyl sites for hydroxylation is 3. The van der Waals surface area contributed by atoms with Crippen LogP contribution in [0.4, 0.5) is 0 Å². The van der Waals surface area contributed by atoms with Gasteiger partial charge in [-0.3, -0.25) is 4.79 Å². The predicted octanol–water partition coefficient (Wildman–Crippen LogP) is 3.15. The van der Waals surface area contributed by atoms with E-state index in [0.29, 0.717) is 0 Å². The molecule has 0 aliphatic carbocycles. The van der Waals surface area contributed by atoms with E-state index in [9.17, 15) is 9.90 Å². The highest BCUT2D eigenvalue weighted by atomic mass is 32.2. The van der Waals surface area contributed by atoms with Crippen LogP contribution in [0.2, 0.25) is 0 Å². The zero-order valence-electron chi connectivity index (χ0n) is 11.8. The highest BCUT2D eigenvalue weighted by Crippen LogP contribution is 2.34. The molecule has 0 saturated heterocycles. The summed E-state index contributed by atoms with van der Waals surface area (Å²) >= 11 is 1.27. The lowest BCUT2D eigenvalue weighted by Gasteiger charge is -2.17. The minimum Gasteiger partial charge on any atom is -0.480 e. The summed E-state index contributed by atoms with van der Waals surface area (Å²) in [6.45, 7) is 7.50. The highest BCUT2D eigenvalue weighted by molar-refractivity contribution is 8.01. The largest absolute Gasteiger partial charge is 0.480 e. The van der Waals surface area contributed by atoms with Crippen LogP contribution in [-0.4, -0.2) is 25.4 Å². The molecule has 0 unspecified atom stereocenters. The van der Waals surface area contributed by atoms with E-state index in [0.717, 1.165) is 16.2 Å². The van der Waals surface area contributed by atoms with E-state index in [1.165, 1.54) is 22.9 Å². The number of nitrogens with zero attached hydrogens (tertiary/aromatic N) is 2. The summed E-state index contributed by atoms with van der Waals surface area (Å²) in [6.07, 6.45) is 0. The Morgan fingerprint density at radius 2 is 1.89 bits per heavy atom. The summed E-state index contributed by atoms with van der Waals surface area (Å²) in [7, 11) is 1.92. The number of thioether (sulfide) groups is 1. The van der Waals surface area contributed by atoms with Gasteiger partial charge in [-0.15, -0.1) is 0 Å². The van der Waals surface area contributed by atoms with Crippen LogP contribution in [0.25, 0.3) is 11.0 Å². The highest BCUT2D eigenvalue weighted by Gasteiger charge is 2.30. The van der Waals surface area contributed by atoms with Crippen molar-refractivity contribution in [3.8, 4) is 0 Å². The van der Waals surface area contributed by atoms with Crippen LogP contribution in [0.5, 0.6) is 0 Å². The third kappa shape index (κ3) is 2.47. The van der Waals surface area contributed by atoms with Crippen molar-refractivity contribution in [3.05, 3.63) is 23.3 Å². The molecule has 0 radical (unpaired) electrons. The molecule has 1 aromatic heterocycles. The van der Waals surface area contributed by atoms with E-state index in [-0.39, 0.29) is 0 Å². The molecule has 0 fully saturated rings. The van der Waals surface area contributed by atoms with Crippen LogP contribution in [0.15, 0.2) is 17.3 Å². The van der Waals surface area contributed by atoms with E-state index in [2.05, 4.69) is 24.9 Å². The first-order valence-electron chi connectivity index (χ1n) is 6.08. The van der Waals surface area contributed by atoms with E-state index in [1.807, 2.05) is 17.7 Å². The summed E-state index contributed by atoms with van der Waals surface area (Å²) in [5, 5.41) is 9.93. The van der Waals surface area contributed by atoms with Crippen molar-refractivity contribution in [2.75, 3.05) is 0 Å². The Morgan fingerprint density at radius 1 is 1.32 bits per heavy atom. The van der Waals surface area contributed by atoms with Gasteiger partial charge in [0.25, 0.3) is 0 Å². The number of benzene rings is 1. The van der Waals surface area contributed by atoms with E-state index in [1.54, 1.807) is 13.8 Å². The smallest absolute Gasteiger partial charge is 0.319 e. The minimum atomic E-state index is -0.890. The minimum absolute atomic E-state index is 0.729. The summed E-state index contributed by atoms with van der Waals surface area (Å²) in [6, 6.07) is 4.14. The molecule has 0 saturated carbocycles. The zero-order valence-corrected chi connectivity index (χ0v) is 12.6. The quantitative estimate of drug-likeness (QED) is 0.876. The van der Waals surface area contributed by atoms with Gasteiger partial charge in [0.2, 0.25) is 0 Å². The van der Waals surface area contributed by atoms with Crippen LogP contribution >= 0.6 is 11.8 Å². The SMILES string of the molecule is Cc1cc2nc(SC(C)(C)C(=O)O)n(C)c2cc1C. The molecular formula is C14H18N2O2S. The van der Waals surface area contributed by atoms with Crippen molar-refractivity contribution < 1.29 is 9.90 Å². The van der Waals surface area contributed by atoms with E-state index >= 15 is 0 Å². The van der Waals surface area contributed by atoms with Crippen molar-refractivity contribution in [1.82, 2.24) is 9.55 Å². The lowest BCUT2D eigenvalue weighted by Crippen LogP contribution is -2.27. The number of imidazole rings is 1. The van der Waals surface area contributed by atoms with Crippen molar-refractivity contribution in [3.63, 3.8) is 0 Å². The number of rotatable bonds is 3. The Hall–Kier alpha value is -1.49. The lowest BCUT2D eigenvalue weighted by atomic mass is 10.1. The molecular weight excluding hydrogens is 260 g/mol. The molecule has 2 aromatic rings. The summed E-state index contributed by atoms with van der Waals surface area (Å²) < 4.78 is 1.07. The average molecular weight is 278 g/mol. The molecule has 19 heavy (non-hydrogen) atoms. The molecule has 2 rings (SSSR count). The van der Waals surface area contributed by atoms with Crippen LogP contribution < -0.4 is 0 Å². The van der Waals surface area contributed by atoms with Crippen LogP contribution in [0.3, 0.4) is 0 Å². The Balaban J connectivity index is 2.51. The Bertz CT molecular complexity index is 659. The standard InChI is InChI=1S/C14H18N2O2S/c1-8-6-10-11(7-9(8)2)16(5)13(15-10)19-14(3,4)12(17)18/h6-7H,1-5H3,(H,17,18). The number of carboxylic acids is 1. The maximum Gasteiger partial charge on any atom is 0.319 e. The Morgan fingerprint density at radius 3 is 2.47 bits per heavy atom. The van der Waals surface area contributed by atoms with Gasteiger partial charge in [-0.1, -0.05) is 11.8 Å². The molecule has 1 N–H and O–H groups in total.